The molecular weight excluding hydrogens is 342 g/mol. The quantitative estimate of drug-likeness (QED) is 0.703. The maximum absolute atomic E-state index is 12.3. The van der Waals surface area contributed by atoms with E-state index in [2.05, 4.69) is 9.82 Å². The standard InChI is InChI=1S/C17H19N3O2S2/c1-2-16-8-9-17(23-16)24(21,22)19-11-15-10-18-20(13-15)12-14-6-4-3-5-7-14/h3-10,13,19H,2,11-12H2,1H3. The Bertz CT molecular complexity index is 899. The molecule has 2 heterocycles. The summed E-state index contributed by atoms with van der Waals surface area (Å²) in [6.07, 6.45) is 4.39. The van der Waals surface area contributed by atoms with Gasteiger partial charge in [0.05, 0.1) is 12.7 Å². The van der Waals surface area contributed by atoms with Crippen molar-refractivity contribution in [1.82, 2.24) is 14.5 Å². The van der Waals surface area contributed by atoms with Crippen LogP contribution >= 0.6 is 11.3 Å². The Hall–Kier alpha value is -1.96. The van der Waals surface area contributed by atoms with Crippen molar-refractivity contribution in [3.8, 4) is 0 Å². The first kappa shape index (κ1) is 16.9. The second-order valence-corrected chi connectivity index (χ2v) is 8.59. The Morgan fingerprint density at radius 2 is 1.92 bits per heavy atom. The fraction of sp³-hybridized carbons (Fsp3) is 0.235. The molecule has 3 aromatic rings. The highest BCUT2D eigenvalue weighted by molar-refractivity contribution is 7.91. The molecule has 0 unspecified atom stereocenters. The summed E-state index contributed by atoms with van der Waals surface area (Å²) in [5.74, 6) is 0. The fourth-order valence-corrected chi connectivity index (χ4v) is 4.65. The first-order valence-corrected chi connectivity index (χ1v) is 10.0. The number of sulfonamides is 1. The zero-order valence-electron chi connectivity index (χ0n) is 13.3. The topological polar surface area (TPSA) is 64.0 Å². The van der Waals surface area contributed by atoms with Gasteiger partial charge in [-0.05, 0) is 24.1 Å². The number of benzene rings is 1. The Labute approximate surface area is 146 Å². The lowest BCUT2D eigenvalue weighted by Gasteiger charge is -2.03. The zero-order valence-corrected chi connectivity index (χ0v) is 15.0. The van der Waals surface area contributed by atoms with Crippen molar-refractivity contribution < 1.29 is 8.42 Å². The second kappa shape index (κ2) is 7.29. The molecule has 3 rings (SSSR count). The third kappa shape index (κ3) is 4.11. The van der Waals surface area contributed by atoms with Crippen LogP contribution in [0, 0.1) is 0 Å². The number of hydrogen-bond donors (Lipinski definition) is 1. The number of nitrogens with one attached hydrogen (secondary N) is 1. The smallest absolute Gasteiger partial charge is 0.250 e. The van der Waals surface area contributed by atoms with Gasteiger partial charge in [-0.3, -0.25) is 4.68 Å². The SMILES string of the molecule is CCc1ccc(S(=O)(=O)NCc2cnn(Cc3ccccc3)c2)s1. The number of rotatable bonds is 7. The highest BCUT2D eigenvalue weighted by atomic mass is 32.2. The Morgan fingerprint density at radius 3 is 2.62 bits per heavy atom. The predicted octanol–water partition coefficient (Wildman–Crippen LogP) is 3.03. The highest BCUT2D eigenvalue weighted by Gasteiger charge is 2.16. The zero-order chi connectivity index (χ0) is 17.0. The van der Waals surface area contributed by atoms with Crippen LogP contribution in [0.15, 0.2) is 59.1 Å². The van der Waals surface area contributed by atoms with Gasteiger partial charge < -0.3 is 0 Å². The van der Waals surface area contributed by atoms with E-state index in [0.29, 0.717) is 10.8 Å². The molecule has 5 nitrogen and oxygen atoms in total. The minimum absolute atomic E-state index is 0.233. The van der Waals surface area contributed by atoms with Crippen molar-refractivity contribution in [3.63, 3.8) is 0 Å². The summed E-state index contributed by atoms with van der Waals surface area (Å²) in [7, 11) is -3.47. The summed E-state index contributed by atoms with van der Waals surface area (Å²) in [6.45, 7) is 2.91. The largest absolute Gasteiger partial charge is 0.268 e. The van der Waals surface area contributed by atoms with E-state index in [1.54, 1.807) is 16.9 Å². The minimum Gasteiger partial charge on any atom is -0.268 e. The first-order chi connectivity index (χ1) is 11.6. The number of aromatic nitrogens is 2. The van der Waals surface area contributed by atoms with E-state index in [-0.39, 0.29) is 6.54 Å². The van der Waals surface area contributed by atoms with Gasteiger partial charge in [0.15, 0.2) is 0 Å². The number of thiophene rings is 1. The Kier molecular flexibility index (Phi) is 5.13. The van der Waals surface area contributed by atoms with E-state index >= 15 is 0 Å². The van der Waals surface area contributed by atoms with Crippen LogP contribution in [-0.2, 0) is 29.5 Å². The van der Waals surface area contributed by atoms with Crippen LogP contribution in [0.2, 0.25) is 0 Å². The third-order valence-corrected chi connectivity index (χ3v) is 6.71. The van der Waals surface area contributed by atoms with E-state index < -0.39 is 10.0 Å². The van der Waals surface area contributed by atoms with Crippen LogP contribution in [0.25, 0.3) is 0 Å². The molecule has 0 aliphatic rings. The molecule has 1 aromatic carbocycles. The molecule has 0 aliphatic heterocycles. The second-order valence-electron chi connectivity index (χ2n) is 5.43. The maximum atomic E-state index is 12.3. The van der Waals surface area contributed by atoms with Gasteiger partial charge >= 0.3 is 0 Å². The lowest BCUT2D eigenvalue weighted by atomic mass is 10.2. The summed E-state index contributed by atoms with van der Waals surface area (Å²) in [5.41, 5.74) is 1.99. The lowest BCUT2D eigenvalue weighted by Crippen LogP contribution is -2.22. The van der Waals surface area contributed by atoms with Crippen molar-refractivity contribution in [2.45, 2.75) is 30.6 Å². The normalized spacial score (nSPS) is 11.7. The van der Waals surface area contributed by atoms with E-state index in [0.717, 1.165) is 22.4 Å². The summed E-state index contributed by atoms with van der Waals surface area (Å²) >= 11 is 1.31. The monoisotopic (exact) mass is 361 g/mol. The van der Waals surface area contributed by atoms with Crippen molar-refractivity contribution in [2.75, 3.05) is 0 Å². The van der Waals surface area contributed by atoms with Crippen molar-refractivity contribution >= 4 is 21.4 Å². The van der Waals surface area contributed by atoms with Crippen LogP contribution in [-0.4, -0.2) is 18.2 Å². The third-order valence-electron chi connectivity index (χ3n) is 3.59. The van der Waals surface area contributed by atoms with Crippen molar-refractivity contribution in [3.05, 3.63) is 70.9 Å². The average Bonchev–Trinajstić information content (AvgIpc) is 3.23. The summed E-state index contributed by atoms with van der Waals surface area (Å²) in [6, 6.07) is 13.5. The van der Waals surface area contributed by atoms with Gasteiger partial charge in [-0.25, -0.2) is 13.1 Å². The van der Waals surface area contributed by atoms with Crippen LogP contribution < -0.4 is 4.72 Å². The summed E-state index contributed by atoms with van der Waals surface area (Å²) < 4.78 is 29.4. The molecule has 0 saturated heterocycles. The van der Waals surface area contributed by atoms with Gasteiger partial charge in [-0.1, -0.05) is 37.3 Å². The molecule has 1 N–H and O–H groups in total. The van der Waals surface area contributed by atoms with Crippen LogP contribution in [0.1, 0.15) is 22.9 Å². The number of hydrogen-bond acceptors (Lipinski definition) is 4. The van der Waals surface area contributed by atoms with Gasteiger partial charge in [0.1, 0.15) is 4.21 Å². The minimum atomic E-state index is -3.47. The van der Waals surface area contributed by atoms with E-state index in [4.69, 9.17) is 0 Å². The highest BCUT2D eigenvalue weighted by Crippen LogP contribution is 2.21. The number of aryl methyl sites for hydroxylation is 1. The fourth-order valence-electron chi connectivity index (χ4n) is 2.30. The van der Waals surface area contributed by atoms with Gasteiger partial charge in [0.25, 0.3) is 0 Å². The van der Waals surface area contributed by atoms with E-state index in [1.807, 2.05) is 49.5 Å². The Balaban J connectivity index is 1.62. The predicted molar refractivity (Wildman–Crippen MR) is 95.5 cm³/mol. The van der Waals surface area contributed by atoms with Crippen molar-refractivity contribution in [1.29, 1.82) is 0 Å². The molecule has 0 bridgehead atoms. The molecule has 126 valence electrons. The van der Waals surface area contributed by atoms with Crippen molar-refractivity contribution in [2.24, 2.45) is 0 Å². The molecular formula is C17H19N3O2S2. The molecule has 0 fully saturated rings. The molecule has 7 heteroatoms. The first-order valence-electron chi connectivity index (χ1n) is 7.70. The molecule has 0 spiro atoms. The molecule has 0 radical (unpaired) electrons. The molecule has 0 aliphatic carbocycles. The van der Waals surface area contributed by atoms with Gasteiger partial charge in [-0.15, -0.1) is 11.3 Å². The van der Waals surface area contributed by atoms with E-state index in [9.17, 15) is 8.42 Å². The average molecular weight is 361 g/mol. The number of nitrogens with zero attached hydrogens (tertiary/aromatic N) is 2. The van der Waals surface area contributed by atoms with Gasteiger partial charge in [0.2, 0.25) is 10.0 Å². The van der Waals surface area contributed by atoms with Gasteiger partial charge in [0, 0.05) is 23.2 Å². The molecule has 24 heavy (non-hydrogen) atoms. The summed E-state index contributed by atoms with van der Waals surface area (Å²) in [4.78, 5) is 1.06. The lowest BCUT2D eigenvalue weighted by molar-refractivity contribution is 0.583. The summed E-state index contributed by atoms with van der Waals surface area (Å²) in [5, 5.41) is 4.29. The van der Waals surface area contributed by atoms with E-state index in [1.165, 1.54) is 11.3 Å². The van der Waals surface area contributed by atoms with Crippen LogP contribution in [0.3, 0.4) is 0 Å². The maximum Gasteiger partial charge on any atom is 0.250 e. The molecule has 0 amide bonds. The molecule has 0 atom stereocenters. The molecule has 0 saturated carbocycles. The van der Waals surface area contributed by atoms with Gasteiger partial charge in [-0.2, -0.15) is 5.10 Å². The molecule has 2 aromatic heterocycles. The Morgan fingerprint density at radius 1 is 1.12 bits per heavy atom. The van der Waals surface area contributed by atoms with Crippen LogP contribution in [0.4, 0.5) is 0 Å². The van der Waals surface area contributed by atoms with Crippen LogP contribution in [0.5, 0.6) is 0 Å².